The molecule has 0 aliphatic carbocycles. The van der Waals surface area contributed by atoms with Crippen LogP contribution in [0.25, 0.3) is 0 Å². The average molecular weight is 360 g/mol. The predicted molar refractivity (Wildman–Crippen MR) is 99.3 cm³/mol. The number of rotatable bonds is 8. The molecule has 0 aromatic heterocycles. The summed E-state index contributed by atoms with van der Waals surface area (Å²) < 4.78 is 5.57. The smallest absolute Gasteiger partial charge is 0.222 e. The van der Waals surface area contributed by atoms with Gasteiger partial charge in [-0.2, -0.15) is 0 Å². The first-order valence-corrected chi connectivity index (χ1v) is 8.55. The molecule has 4 nitrogen and oxygen atoms in total. The first kappa shape index (κ1) is 19.0. The van der Waals surface area contributed by atoms with Crippen molar-refractivity contribution in [3.8, 4) is 5.75 Å². The van der Waals surface area contributed by atoms with E-state index in [4.69, 9.17) is 16.3 Å². The number of ketones is 1. The van der Waals surface area contributed by atoms with Crippen molar-refractivity contribution in [3.05, 3.63) is 64.7 Å². The van der Waals surface area contributed by atoms with Gasteiger partial charge >= 0.3 is 0 Å². The molecule has 132 valence electrons. The van der Waals surface area contributed by atoms with Crippen LogP contribution >= 0.6 is 11.6 Å². The SMILES string of the molecule is Cc1ccc(C(=O)CCC(=O)N(C)CCOc2cccc(Cl)c2)cc1. The van der Waals surface area contributed by atoms with E-state index in [-0.39, 0.29) is 24.5 Å². The third-order valence-corrected chi connectivity index (χ3v) is 4.09. The molecular weight excluding hydrogens is 338 g/mol. The van der Waals surface area contributed by atoms with E-state index in [1.165, 1.54) is 0 Å². The van der Waals surface area contributed by atoms with Crippen molar-refractivity contribution < 1.29 is 14.3 Å². The summed E-state index contributed by atoms with van der Waals surface area (Å²) in [6.45, 7) is 2.79. The standard InChI is InChI=1S/C20H22ClNO3/c1-15-6-8-16(9-7-15)19(23)10-11-20(24)22(2)12-13-25-18-5-3-4-17(21)14-18/h3-9,14H,10-13H2,1-2H3. The van der Waals surface area contributed by atoms with Crippen molar-refractivity contribution in [1.29, 1.82) is 0 Å². The van der Waals surface area contributed by atoms with E-state index in [0.717, 1.165) is 5.56 Å². The fourth-order valence-electron chi connectivity index (χ4n) is 2.28. The average Bonchev–Trinajstić information content (AvgIpc) is 2.60. The molecule has 2 aromatic carbocycles. The second-order valence-electron chi connectivity index (χ2n) is 5.91. The Labute approximate surface area is 153 Å². The number of hydrogen-bond donors (Lipinski definition) is 0. The van der Waals surface area contributed by atoms with Crippen molar-refractivity contribution in [3.63, 3.8) is 0 Å². The predicted octanol–water partition coefficient (Wildman–Crippen LogP) is 4.15. The summed E-state index contributed by atoms with van der Waals surface area (Å²) in [5.74, 6) is 0.579. The number of hydrogen-bond acceptors (Lipinski definition) is 3. The fraction of sp³-hybridized carbons (Fsp3) is 0.300. The van der Waals surface area contributed by atoms with Gasteiger partial charge in [-0.1, -0.05) is 47.5 Å². The fourth-order valence-corrected chi connectivity index (χ4v) is 2.46. The topological polar surface area (TPSA) is 46.6 Å². The molecule has 0 spiro atoms. The van der Waals surface area contributed by atoms with E-state index in [1.807, 2.05) is 31.2 Å². The van der Waals surface area contributed by atoms with Crippen LogP contribution in [0.3, 0.4) is 0 Å². The third kappa shape index (κ3) is 6.24. The van der Waals surface area contributed by atoms with Crippen LogP contribution in [0.5, 0.6) is 5.75 Å². The van der Waals surface area contributed by atoms with Gasteiger partial charge in [-0.05, 0) is 25.1 Å². The van der Waals surface area contributed by atoms with Gasteiger partial charge in [0.05, 0.1) is 6.54 Å². The van der Waals surface area contributed by atoms with Crippen molar-refractivity contribution in [1.82, 2.24) is 4.90 Å². The van der Waals surface area contributed by atoms with E-state index in [2.05, 4.69) is 0 Å². The molecule has 0 radical (unpaired) electrons. The number of Topliss-reactive ketones (excluding diaryl/α,β-unsaturated/α-hetero) is 1. The summed E-state index contributed by atoms with van der Waals surface area (Å²) in [5, 5.41) is 0.608. The minimum absolute atomic E-state index is 0.0167. The van der Waals surface area contributed by atoms with Gasteiger partial charge < -0.3 is 9.64 Å². The molecule has 0 bridgehead atoms. The van der Waals surface area contributed by atoms with E-state index in [9.17, 15) is 9.59 Å². The summed E-state index contributed by atoms with van der Waals surface area (Å²) in [4.78, 5) is 25.8. The zero-order valence-corrected chi connectivity index (χ0v) is 15.3. The van der Waals surface area contributed by atoms with Crippen LogP contribution < -0.4 is 4.74 Å². The Kier molecular flexibility index (Phi) is 7.02. The molecule has 0 fully saturated rings. The lowest BCUT2D eigenvalue weighted by atomic mass is 10.0. The molecule has 2 aromatic rings. The highest BCUT2D eigenvalue weighted by molar-refractivity contribution is 6.30. The Hall–Kier alpha value is -2.33. The minimum atomic E-state index is -0.0739. The molecule has 0 unspecified atom stereocenters. The van der Waals surface area contributed by atoms with E-state index >= 15 is 0 Å². The van der Waals surface area contributed by atoms with Crippen molar-refractivity contribution >= 4 is 23.3 Å². The van der Waals surface area contributed by atoms with Gasteiger partial charge in [0.2, 0.25) is 5.91 Å². The number of carbonyl (C=O) groups excluding carboxylic acids is 2. The summed E-state index contributed by atoms with van der Waals surface area (Å²) in [5.41, 5.74) is 1.75. The van der Waals surface area contributed by atoms with Gasteiger partial charge in [0.1, 0.15) is 12.4 Å². The zero-order valence-electron chi connectivity index (χ0n) is 14.5. The van der Waals surface area contributed by atoms with Gasteiger partial charge in [0.25, 0.3) is 0 Å². The van der Waals surface area contributed by atoms with Crippen LogP contribution in [0.2, 0.25) is 5.02 Å². The van der Waals surface area contributed by atoms with Crippen LogP contribution in [0.4, 0.5) is 0 Å². The highest BCUT2D eigenvalue weighted by atomic mass is 35.5. The number of likely N-dealkylation sites (N-methyl/N-ethyl adjacent to an activating group) is 1. The number of benzene rings is 2. The normalized spacial score (nSPS) is 10.4. The monoisotopic (exact) mass is 359 g/mol. The van der Waals surface area contributed by atoms with Gasteiger partial charge in [-0.15, -0.1) is 0 Å². The summed E-state index contributed by atoms with van der Waals surface area (Å²) in [6, 6.07) is 14.5. The van der Waals surface area contributed by atoms with E-state index in [0.29, 0.717) is 29.5 Å². The van der Waals surface area contributed by atoms with Crippen LogP contribution in [-0.2, 0) is 4.79 Å². The molecule has 0 saturated heterocycles. The van der Waals surface area contributed by atoms with Gasteiger partial charge in [-0.25, -0.2) is 0 Å². The van der Waals surface area contributed by atoms with Crippen molar-refractivity contribution in [2.75, 3.05) is 20.2 Å². The van der Waals surface area contributed by atoms with E-state index < -0.39 is 0 Å². The summed E-state index contributed by atoms with van der Waals surface area (Å²) in [7, 11) is 1.71. The molecule has 1 amide bonds. The van der Waals surface area contributed by atoms with Crippen LogP contribution in [0.15, 0.2) is 48.5 Å². The number of nitrogens with zero attached hydrogens (tertiary/aromatic N) is 1. The lowest BCUT2D eigenvalue weighted by Crippen LogP contribution is -2.31. The van der Waals surface area contributed by atoms with Crippen LogP contribution in [-0.4, -0.2) is 36.8 Å². The molecular formula is C20H22ClNO3. The molecule has 25 heavy (non-hydrogen) atoms. The highest BCUT2D eigenvalue weighted by Crippen LogP contribution is 2.17. The molecule has 0 N–H and O–H groups in total. The number of amides is 1. The lowest BCUT2D eigenvalue weighted by Gasteiger charge is -2.17. The first-order valence-electron chi connectivity index (χ1n) is 8.18. The van der Waals surface area contributed by atoms with Crippen molar-refractivity contribution in [2.24, 2.45) is 0 Å². The molecule has 0 aliphatic heterocycles. The Bertz CT molecular complexity index is 728. The number of halogens is 1. The summed E-state index contributed by atoms with van der Waals surface area (Å²) in [6.07, 6.45) is 0.405. The van der Waals surface area contributed by atoms with E-state index in [1.54, 1.807) is 36.2 Å². The maximum Gasteiger partial charge on any atom is 0.222 e. The maximum absolute atomic E-state index is 12.1. The molecule has 5 heteroatoms. The molecule has 0 heterocycles. The van der Waals surface area contributed by atoms with Gasteiger partial charge in [-0.3, -0.25) is 9.59 Å². The first-order chi connectivity index (χ1) is 12.0. The second kappa shape index (κ2) is 9.23. The Morgan fingerprint density at radius 2 is 1.80 bits per heavy atom. The Balaban J connectivity index is 1.72. The van der Waals surface area contributed by atoms with Gasteiger partial charge in [0.15, 0.2) is 5.78 Å². The molecule has 0 atom stereocenters. The van der Waals surface area contributed by atoms with Crippen LogP contribution in [0.1, 0.15) is 28.8 Å². The lowest BCUT2D eigenvalue weighted by molar-refractivity contribution is -0.130. The molecule has 2 rings (SSSR count). The van der Waals surface area contributed by atoms with Gasteiger partial charge in [0, 0.05) is 30.5 Å². The quantitative estimate of drug-likeness (QED) is 0.665. The summed E-state index contributed by atoms with van der Waals surface area (Å²) >= 11 is 5.89. The minimum Gasteiger partial charge on any atom is -0.492 e. The second-order valence-corrected chi connectivity index (χ2v) is 6.35. The zero-order chi connectivity index (χ0) is 18.2. The third-order valence-electron chi connectivity index (χ3n) is 3.86. The maximum atomic E-state index is 12.1. The largest absolute Gasteiger partial charge is 0.492 e. The van der Waals surface area contributed by atoms with Crippen molar-refractivity contribution in [2.45, 2.75) is 19.8 Å². The Morgan fingerprint density at radius 3 is 2.48 bits per heavy atom. The van der Waals surface area contributed by atoms with Crippen LogP contribution in [0, 0.1) is 6.92 Å². The molecule has 0 saturated carbocycles. The Morgan fingerprint density at radius 1 is 1.08 bits per heavy atom. The number of carbonyl (C=O) groups is 2. The molecule has 0 aliphatic rings. The highest BCUT2D eigenvalue weighted by Gasteiger charge is 2.12. The number of aryl methyl sites for hydroxylation is 1. The number of ether oxygens (including phenoxy) is 1.